The van der Waals surface area contributed by atoms with Crippen LogP contribution in [-0.2, 0) is 17.8 Å². The van der Waals surface area contributed by atoms with E-state index in [4.69, 9.17) is 4.74 Å². The van der Waals surface area contributed by atoms with Crippen LogP contribution in [0.25, 0.3) is 0 Å². The summed E-state index contributed by atoms with van der Waals surface area (Å²) in [7, 11) is 0. The first-order valence-corrected chi connectivity index (χ1v) is 6.55. The van der Waals surface area contributed by atoms with Crippen molar-refractivity contribution in [2.75, 3.05) is 19.8 Å². The summed E-state index contributed by atoms with van der Waals surface area (Å²) in [6.45, 7) is 6.71. The Morgan fingerprint density at radius 1 is 1.47 bits per heavy atom. The van der Waals surface area contributed by atoms with Crippen LogP contribution in [0.5, 0.6) is 0 Å². The fraction of sp³-hybridized carbons (Fsp3) is 0.833. The molecule has 0 unspecified atom stereocenters. The van der Waals surface area contributed by atoms with E-state index in [1.54, 1.807) is 0 Å². The van der Waals surface area contributed by atoms with Crippen LogP contribution in [0.15, 0.2) is 6.33 Å². The third kappa shape index (κ3) is 4.09. The zero-order valence-corrected chi connectivity index (χ0v) is 10.6. The van der Waals surface area contributed by atoms with Gasteiger partial charge in [-0.3, -0.25) is 4.68 Å². The van der Waals surface area contributed by atoms with Gasteiger partial charge >= 0.3 is 0 Å². The van der Waals surface area contributed by atoms with Gasteiger partial charge in [0.25, 0.3) is 0 Å². The quantitative estimate of drug-likeness (QED) is 0.757. The van der Waals surface area contributed by atoms with Crippen molar-refractivity contribution in [3.8, 4) is 0 Å². The summed E-state index contributed by atoms with van der Waals surface area (Å²) in [5.41, 5.74) is 0. The first-order chi connectivity index (χ1) is 8.38. The molecule has 1 aromatic rings. The van der Waals surface area contributed by atoms with Gasteiger partial charge in [-0.2, -0.15) is 5.10 Å². The molecule has 17 heavy (non-hydrogen) atoms. The summed E-state index contributed by atoms with van der Waals surface area (Å²) < 4.78 is 7.32. The van der Waals surface area contributed by atoms with Crippen LogP contribution < -0.4 is 5.32 Å². The number of hydrogen-bond donors (Lipinski definition) is 1. The predicted octanol–water partition coefficient (Wildman–Crippen LogP) is 1.20. The van der Waals surface area contributed by atoms with Crippen molar-refractivity contribution in [2.24, 2.45) is 5.92 Å². The molecule has 0 amide bonds. The highest BCUT2D eigenvalue weighted by atomic mass is 16.5. The zero-order chi connectivity index (χ0) is 11.9. The summed E-state index contributed by atoms with van der Waals surface area (Å²) in [5.74, 6) is 1.59. The van der Waals surface area contributed by atoms with Gasteiger partial charge in [0.1, 0.15) is 6.33 Å². The van der Waals surface area contributed by atoms with Gasteiger partial charge in [-0.1, -0.05) is 6.92 Å². The molecule has 5 nitrogen and oxygen atoms in total. The van der Waals surface area contributed by atoms with E-state index in [9.17, 15) is 0 Å². The normalized spacial score (nSPS) is 17.5. The van der Waals surface area contributed by atoms with Gasteiger partial charge in [0, 0.05) is 19.8 Å². The summed E-state index contributed by atoms with van der Waals surface area (Å²) in [6.07, 6.45) is 5.27. The molecule has 0 radical (unpaired) electrons. The number of nitrogens with one attached hydrogen (secondary N) is 1. The lowest BCUT2D eigenvalue weighted by molar-refractivity contribution is 0.0601. The molecule has 2 heterocycles. The first-order valence-electron chi connectivity index (χ1n) is 6.55. The van der Waals surface area contributed by atoms with Crippen LogP contribution in [0, 0.1) is 5.92 Å². The lowest BCUT2D eigenvalue weighted by Crippen LogP contribution is -2.21. The highest BCUT2D eigenvalue weighted by Crippen LogP contribution is 2.16. The van der Waals surface area contributed by atoms with E-state index in [1.807, 2.05) is 11.0 Å². The van der Waals surface area contributed by atoms with E-state index in [0.29, 0.717) is 5.92 Å². The molecule has 0 aromatic carbocycles. The summed E-state index contributed by atoms with van der Waals surface area (Å²) in [5, 5.41) is 7.79. The summed E-state index contributed by atoms with van der Waals surface area (Å²) in [4.78, 5) is 4.31. The third-order valence-corrected chi connectivity index (χ3v) is 3.08. The molecule has 1 saturated heterocycles. The molecule has 1 fully saturated rings. The average molecular weight is 238 g/mol. The zero-order valence-electron chi connectivity index (χ0n) is 10.6. The van der Waals surface area contributed by atoms with Crippen molar-refractivity contribution in [1.29, 1.82) is 0 Å². The Balaban J connectivity index is 1.76. The molecule has 0 saturated carbocycles. The van der Waals surface area contributed by atoms with Gasteiger partial charge in [-0.25, -0.2) is 4.98 Å². The summed E-state index contributed by atoms with van der Waals surface area (Å²) >= 11 is 0. The van der Waals surface area contributed by atoms with Crippen LogP contribution in [0.1, 0.15) is 32.0 Å². The lowest BCUT2D eigenvalue weighted by Gasteiger charge is -2.21. The van der Waals surface area contributed by atoms with Gasteiger partial charge in [-0.15, -0.1) is 0 Å². The van der Waals surface area contributed by atoms with Crippen molar-refractivity contribution in [2.45, 2.75) is 39.3 Å². The van der Waals surface area contributed by atoms with Gasteiger partial charge in [-0.05, 0) is 31.7 Å². The molecule has 0 bridgehead atoms. The Hall–Kier alpha value is -0.940. The van der Waals surface area contributed by atoms with Crippen LogP contribution in [0.4, 0.5) is 0 Å². The van der Waals surface area contributed by atoms with E-state index in [0.717, 1.165) is 57.9 Å². The van der Waals surface area contributed by atoms with Crippen molar-refractivity contribution in [1.82, 2.24) is 20.1 Å². The average Bonchev–Trinajstić information content (AvgIpc) is 2.79. The van der Waals surface area contributed by atoms with E-state index < -0.39 is 0 Å². The summed E-state index contributed by atoms with van der Waals surface area (Å²) in [6, 6.07) is 0. The molecule has 96 valence electrons. The second-order valence-electron chi connectivity index (χ2n) is 4.62. The largest absolute Gasteiger partial charge is 0.381 e. The third-order valence-electron chi connectivity index (χ3n) is 3.08. The fourth-order valence-corrected chi connectivity index (χ4v) is 2.07. The number of rotatable bonds is 6. The Morgan fingerprint density at radius 3 is 3.06 bits per heavy atom. The predicted molar refractivity (Wildman–Crippen MR) is 65.6 cm³/mol. The Morgan fingerprint density at radius 2 is 2.29 bits per heavy atom. The van der Waals surface area contributed by atoms with Gasteiger partial charge in [0.15, 0.2) is 5.82 Å². The van der Waals surface area contributed by atoms with E-state index >= 15 is 0 Å². The first kappa shape index (κ1) is 12.5. The van der Waals surface area contributed by atoms with E-state index in [-0.39, 0.29) is 0 Å². The van der Waals surface area contributed by atoms with Gasteiger partial charge < -0.3 is 10.1 Å². The number of ether oxygens (including phenoxy) is 1. The highest BCUT2D eigenvalue weighted by Gasteiger charge is 2.14. The Bertz CT molecular complexity index is 320. The smallest absolute Gasteiger partial charge is 0.164 e. The van der Waals surface area contributed by atoms with Crippen molar-refractivity contribution >= 4 is 0 Å². The van der Waals surface area contributed by atoms with Gasteiger partial charge in [0.05, 0.1) is 6.54 Å². The van der Waals surface area contributed by atoms with Crippen molar-refractivity contribution < 1.29 is 4.74 Å². The minimum absolute atomic E-state index is 0.696. The Kier molecular flexibility index (Phi) is 4.94. The van der Waals surface area contributed by atoms with E-state index in [2.05, 4.69) is 22.3 Å². The maximum Gasteiger partial charge on any atom is 0.164 e. The maximum atomic E-state index is 5.35. The topological polar surface area (TPSA) is 52.0 Å². The number of hydrogen-bond acceptors (Lipinski definition) is 4. The van der Waals surface area contributed by atoms with Crippen LogP contribution >= 0.6 is 0 Å². The molecule has 2 rings (SSSR count). The molecule has 5 heteroatoms. The molecule has 0 spiro atoms. The maximum absolute atomic E-state index is 5.35. The molecule has 1 aliphatic heterocycles. The van der Waals surface area contributed by atoms with E-state index in [1.165, 1.54) is 0 Å². The fourth-order valence-electron chi connectivity index (χ4n) is 2.07. The van der Waals surface area contributed by atoms with Gasteiger partial charge in [0.2, 0.25) is 0 Å². The monoisotopic (exact) mass is 238 g/mol. The highest BCUT2D eigenvalue weighted by molar-refractivity contribution is 4.81. The minimum atomic E-state index is 0.696. The Labute approximate surface area is 103 Å². The second-order valence-corrected chi connectivity index (χ2v) is 4.62. The number of aromatic nitrogens is 3. The SMILES string of the molecule is CCCNCc1ncn(CC2CCOCC2)n1. The standard InChI is InChI=1S/C12H22N4O/c1-2-5-13-8-12-14-10-16(15-12)9-11-3-6-17-7-4-11/h10-11,13H,2-9H2,1H3. The lowest BCUT2D eigenvalue weighted by atomic mass is 10.0. The van der Waals surface area contributed by atoms with Crippen LogP contribution in [0.3, 0.4) is 0 Å². The molecule has 0 aliphatic carbocycles. The molecule has 1 N–H and O–H groups in total. The number of nitrogens with zero attached hydrogens (tertiary/aromatic N) is 3. The minimum Gasteiger partial charge on any atom is -0.381 e. The molecule has 0 atom stereocenters. The molecule has 1 aromatic heterocycles. The van der Waals surface area contributed by atoms with Crippen LogP contribution in [-0.4, -0.2) is 34.5 Å². The van der Waals surface area contributed by atoms with Crippen LogP contribution in [0.2, 0.25) is 0 Å². The molecular formula is C12H22N4O. The molecular weight excluding hydrogens is 216 g/mol. The second kappa shape index (κ2) is 6.71. The molecule has 1 aliphatic rings. The van der Waals surface area contributed by atoms with Crippen molar-refractivity contribution in [3.05, 3.63) is 12.2 Å². The van der Waals surface area contributed by atoms with Crippen molar-refractivity contribution in [3.63, 3.8) is 0 Å².